The first kappa shape index (κ1) is 19.5. The molecule has 0 saturated carbocycles. The van der Waals surface area contributed by atoms with E-state index in [1.807, 2.05) is 40.8 Å². The van der Waals surface area contributed by atoms with Gasteiger partial charge in [0.05, 0.1) is 0 Å². The lowest BCUT2D eigenvalue weighted by Gasteiger charge is -2.27. The van der Waals surface area contributed by atoms with Gasteiger partial charge in [0.25, 0.3) is 0 Å². The molecule has 1 heterocycles. The molecule has 18 heavy (non-hydrogen) atoms. The fourth-order valence-electron chi connectivity index (χ4n) is 2.01. The summed E-state index contributed by atoms with van der Waals surface area (Å²) < 4.78 is 0. The lowest BCUT2D eigenvalue weighted by Crippen LogP contribution is -2.19. The highest BCUT2D eigenvalue weighted by atomic mass is 14.7. The summed E-state index contributed by atoms with van der Waals surface area (Å²) in [4.78, 5) is 4.35. The highest BCUT2D eigenvalue weighted by Crippen LogP contribution is 2.29. The van der Waals surface area contributed by atoms with Crippen LogP contribution in [0.2, 0.25) is 0 Å². The van der Waals surface area contributed by atoms with Crippen molar-refractivity contribution in [2.45, 2.75) is 74.1 Å². The average molecular weight is 251 g/mol. The van der Waals surface area contributed by atoms with Crippen molar-refractivity contribution >= 4 is 0 Å². The normalized spacial score (nSPS) is 10.1. The number of aromatic nitrogens is 1. The van der Waals surface area contributed by atoms with Crippen LogP contribution in [0.25, 0.3) is 0 Å². The van der Waals surface area contributed by atoms with Crippen LogP contribution in [0.15, 0.2) is 18.3 Å². The van der Waals surface area contributed by atoms with Crippen LogP contribution in [-0.4, -0.2) is 4.98 Å². The zero-order valence-electron chi connectivity index (χ0n) is 14.0. The first-order valence-electron chi connectivity index (χ1n) is 7.35. The second-order valence-corrected chi connectivity index (χ2v) is 5.17. The van der Waals surface area contributed by atoms with Crippen molar-refractivity contribution in [3.05, 3.63) is 29.6 Å². The van der Waals surface area contributed by atoms with Gasteiger partial charge in [-0.1, -0.05) is 61.5 Å². The number of hydrogen-bond donors (Lipinski definition) is 0. The van der Waals surface area contributed by atoms with Gasteiger partial charge in [-0.2, -0.15) is 0 Å². The molecule has 0 N–H and O–H groups in total. The second-order valence-electron chi connectivity index (χ2n) is 5.17. The number of rotatable bonds is 3. The Morgan fingerprint density at radius 2 is 1.56 bits per heavy atom. The van der Waals surface area contributed by atoms with E-state index in [0.717, 1.165) is 11.6 Å². The Balaban J connectivity index is 0. The lowest BCUT2D eigenvalue weighted by atomic mass is 9.78. The van der Waals surface area contributed by atoms with Gasteiger partial charge in [0, 0.05) is 11.9 Å². The predicted molar refractivity (Wildman–Crippen MR) is 84.2 cm³/mol. The lowest BCUT2D eigenvalue weighted by molar-refractivity contribution is 0.398. The summed E-state index contributed by atoms with van der Waals surface area (Å²) in [5.41, 5.74) is 2.68. The molecule has 0 atom stereocenters. The predicted octanol–water partition coefficient (Wildman–Crippen LogP) is 5.77. The van der Waals surface area contributed by atoms with E-state index in [2.05, 4.69) is 44.8 Å². The van der Waals surface area contributed by atoms with E-state index in [9.17, 15) is 0 Å². The van der Waals surface area contributed by atoms with Crippen LogP contribution < -0.4 is 0 Å². The van der Waals surface area contributed by atoms with E-state index in [0.29, 0.717) is 0 Å². The van der Waals surface area contributed by atoms with Crippen LogP contribution >= 0.6 is 0 Å². The highest BCUT2D eigenvalue weighted by Gasteiger charge is 2.21. The quantitative estimate of drug-likeness (QED) is 0.665. The Morgan fingerprint density at radius 3 is 1.89 bits per heavy atom. The molecule has 0 aliphatic carbocycles. The molecule has 1 heteroatoms. The molecule has 0 amide bonds. The van der Waals surface area contributed by atoms with Crippen LogP contribution in [0.4, 0.5) is 0 Å². The van der Waals surface area contributed by atoms with E-state index in [1.165, 1.54) is 12.0 Å². The summed E-state index contributed by atoms with van der Waals surface area (Å²) in [5.74, 6) is 0.728. The number of nitrogens with zero attached hydrogens (tertiary/aromatic N) is 1. The van der Waals surface area contributed by atoms with Crippen molar-refractivity contribution in [1.82, 2.24) is 4.98 Å². The van der Waals surface area contributed by atoms with Crippen molar-refractivity contribution in [2.24, 2.45) is 5.92 Å². The van der Waals surface area contributed by atoms with Gasteiger partial charge in [0.15, 0.2) is 0 Å². The van der Waals surface area contributed by atoms with E-state index < -0.39 is 0 Å². The third kappa shape index (κ3) is 7.47. The Kier molecular flexibility index (Phi) is 10.9. The van der Waals surface area contributed by atoms with E-state index in [4.69, 9.17) is 0 Å². The summed E-state index contributed by atoms with van der Waals surface area (Å²) in [6.07, 6.45) is 3.22. The molecule has 0 unspecified atom stereocenters. The van der Waals surface area contributed by atoms with Gasteiger partial charge in [0.2, 0.25) is 0 Å². The molecule has 0 bridgehead atoms. The molecule has 0 aliphatic heterocycles. The maximum Gasteiger partial charge on any atom is 0.0372 e. The number of pyridine rings is 1. The molecule has 106 valence electrons. The summed E-state index contributed by atoms with van der Waals surface area (Å²) in [6.45, 7) is 19.1. The summed E-state index contributed by atoms with van der Waals surface area (Å²) in [7, 11) is 0. The standard InChI is InChI=1S/C13H21N.2C2H6/c1-10(2)8-13(4,5)12-7-6-11(3)14-9-12;2*1-2/h6-7,9-10H,8H2,1-5H3;2*1-2H3. The third-order valence-corrected chi connectivity index (χ3v) is 2.61. The first-order valence-corrected chi connectivity index (χ1v) is 7.35. The zero-order valence-corrected chi connectivity index (χ0v) is 14.0. The molecule has 0 aromatic carbocycles. The fraction of sp³-hybridized carbons (Fsp3) is 0.706. The maximum atomic E-state index is 4.35. The van der Waals surface area contributed by atoms with Gasteiger partial charge < -0.3 is 0 Å². The summed E-state index contributed by atoms with van der Waals surface area (Å²) in [6, 6.07) is 4.29. The number of aryl methyl sites for hydroxylation is 1. The van der Waals surface area contributed by atoms with Crippen molar-refractivity contribution in [3.8, 4) is 0 Å². The van der Waals surface area contributed by atoms with Gasteiger partial charge >= 0.3 is 0 Å². The van der Waals surface area contributed by atoms with Crippen LogP contribution in [0.5, 0.6) is 0 Å². The molecule has 1 aromatic rings. The second kappa shape index (κ2) is 10.1. The minimum atomic E-state index is 0.245. The molecular formula is C17H33N. The van der Waals surface area contributed by atoms with E-state index in [-0.39, 0.29) is 5.41 Å². The monoisotopic (exact) mass is 251 g/mol. The van der Waals surface area contributed by atoms with Crippen LogP contribution in [0, 0.1) is 12.8 Å². The van der Waals surface area contributed by atoms with Gasteiger partial charge in [-0.05, 0) is 36.3 Å². The van der Waals surface area contributed by atoms with Crippen molar-refractivity contribution < 1.29 is 0 Å². The average Bonchev–Trinajstić information content (AvgIpc) is 2.33. The molecular weight excluding hydrogens is 218 g/mol. The zero-order chi connectivity index (χ0) is 14.8. The molecule has 0 fully saturated rings. The molecule has 1 rings (SSSR count). The van der Waals surface area contributed by atoms with Crippen LogP contribution in [-0.2, 0) is 5.41 Å². The summed E-state index contributed by atoms with van der Waals surface area (Å²) in [5, 5.41) is 0. The molecule has 0 saturated heterocycles. The fourth-order valence-corrected chi connectivity index (χ4v) is 2.01. The van der Waals surface area contributed by atoms with Gasteiger partial charge in [-0.15, -0.1) is 0 Å². The maximum absolute atomic E-state index is 4.35. The molecule has 0 radical (unpaired) electrons. The SMILES string of the molecule is CC.CC.Cc1ccc(C(C)(C)CC(C)C)cn1. The van der Waals surface area contributed by atoms with Crippen molar-refractivity contribution in [3.63, 3.8) is 0 Å². The molecule has 1 aromatic heterocycles. The Bertz CT molecular complexity index is 283. The Hall–Kier alpha value is -0.850. The Labute approximate surface area is 115 Å². The van der Waals surface area contributed by atoms with Gasteiger partial charge in [-0.25, -0.2) is 0 Å². The minimum Gasteiger partial charge on any atom is -0.261 e. The van der Waals surface area contributed by atoms with Gasteiger partial charge in [-0.3, -0.25) is 4.98 Å². The molecule has 1 nitrogen and oxygen atoms in total. The molecule has 0 aliphatic rings. The number of hydrogen-bond acceptors (Lipinski definition) is 1. The highest BCUT2D eigenvalue weighted by molar-refractivity contribution is 5.21. The van der Waals surface area contributed by atoms with Crippen LogP contribution in [0.3, 0.4) is 0 Å². The largest absolute Gasteiger partial charge is 0.261 e. The minimum absolute atomic E-state index is 0.245. The molecule has 0 spiro atoms. The van der Waals surface area contributed by atoms with E-state index in [1.54, 1.807) is 0 Å². The smallest absolute Gasteiger partial charge is 0.0372 e. The van der Waals surface area contributed by atoms with Gasteiger partial charge in [0.1, 0.15) is 0 Å². The third-order valence-electron chi connectivity index (χ3n) is 2.61. The first-order chi connectivity index (χ1) is 8.42. The summed E-state index contributed by atoms with van der Waals surface area (Å²) >= 11 is 0. The topological polar surface area (TPSA) is 12.9 Å². The van der Waals surface area contributed by atoms with Crippen LogP contribution in [0.1, 0.15) is 73.1 Å². The van der Waals surface area contributed by atoms with Crippen molar-refractivity contribution in [2.75, 3.05) is 0 Å². The Morgan fingerprint density at radius 1 is 1.06 bits per heavy atom. The van der Waals surface area contributed by atoms with Crippen molar-refractivity contribution in [1.29, 1.82) is 0 Å². The van der Waals surface area contributed by atoms with E-state index >= 15 is 0 Å².